The average Bonchev–Trinajstić information content (AvgIpc) is 3.23. The topological polar surface area (TPSA) is 82.4 Å². The maximum atomic E-state index is 13.3. The number of nitrogens with one attached hydrogen (secondary N) is 1. The maximum absolute atomic E-state index is 13.3. The summed E-state index contributed by atoms with van der Waals surface area (Å²) in [6.45, 7) is 3.53. The smallest absolute Gasteiger partial charge is 0.408 e. The second-order valence-corrected chi connectivity index (χ2v) is 9.51. The molecule has 0 aliphatic carbocycles. The predicted molar refractivity (Wildman–Crippen MR) is 123 cm³/mol. The van der Waals surface area contributed by atoms with E-state index in [0.717, 1.165) is 0 Å². The van der Waals surface area contributed by atoms with Crippen LogP contribution in [-0.4, -0.2) is 33.6 Å². The third kappa shape index (κ3) is 4.70. The first-order valence-electron chi connectivity index (χ1n) is 10.7. The highest BCUT2D eigenvalue weighted by molar-refractivity contribution is 6.31. The summed E-state index contributed by atoms with van der Waals surface area (Å²) in [5.74, 6) is 0.0807. The van der Waals surface area contributed by atoms with Crippen molar-refractivity contribution in [2.45, 2.75) is 58.4 Å². The van der Waals surface area contributed by atoms with Crippen LogP contribution in [-0.2, 0) is 4.74 Å². The van der Waals surface area contributed by atoms with E-state index >= 15 is 0 Å². The van der Waals surface area contributed by atoms with Crippen molar-refractivity contribution < 1.29 is 27.8 Å². The zero-order valence-corrected chi connectivity index (χ0v) is 19.8. The van der Waals surface area contributed by atoms with Gasteiger partial charge in [-0.25, -0.2) is 9.78 Å². The molecule has 0 fully saturated rings. The fourth-order valence-electron chi connectivity index (χ4n) is 4.31. The van der Waals surface area contributed by atoms with Gasteiger partial charge >= 0.3 is 12.7 Å². The summed E-state index contributed by atoms with van der Waals surface area (Å²) in [6.07, 6.45) is -0.396. The lowest BCUT2D eigenvalue weighted by atomic mass is 9.94. The first-order valence-corrected chi connectivity index (χ1v) is 11.1. The number of halogens is 3. The summed E-state index contributed by atoms with van der Waals surface area (Å²) in [4.78, 5) is 29.7. The van der Waals surface area contributed by atoms with Gasteiger partial charge in [0.15, 0.2) is 5.78 Å². The summed E-state index contributed by atoms with van der Waals surface area (Å²) in [7, 11) is 0. The Morgan fingerprint density at radius 2 is 1.97 bits per heavy atom. The lowest BCUT2D eigenvalue weighted by Gasteiger charge is -2.22. The number of hydrogen-bond donors (Lipinski definition) is 1. The first kappa shape index (κ1) is 23.9. The highest BCUT2D eigenvalue weighted by Gasteiger charge is 2.39. The number of Topliss-reactive ketones (excluding diaryl/α,β-unsaturated/α-hetero) is 1. The standard InChI is InChI=1S/C24H24ClF2N3O4/c1-12(31)14-6-5-7-19(33-22(26)27)20(14)18-11-16(29-23(32)34-24(2,3)4)21-28-15-9-8-13(25)10-17(15)30(18)21/h5-10,16,18,22H,11H2,1-4H3,(H,29,32)/t16-,18?/m1/s1. The van der Waals surface area contributed by atoms with Crippen molar-refractivity contribution in [2.75, 3.05) is 0 Å². The second kappa shape index (κ2) is 8.87. The fraction of sp³-hybridized carbons (Fsp3) is 0.375. The summed E-state index contributed by atoms with van der Waals surface area (Å²) in [5.41, 5.74) is 1.08. The largest absolute Gasteiger partial charge is 0.444 e. The van der Waals surface area contributed by atoms with Crippen LogP contribution < -0.4 is 10.1 Å². The van der Waals surface area contributed by atoms with Crippen molar-refractivity contribution >= 4 is 34.5 Å². The molecular formula is C24H24ClF2N3O4. The molecule has 2 heterocycles. The van der Waals surface area contributed by atoms with Crippen molar-refractivity contribution in [2.24, 2.45) is 0 Å². The Labute approximate surface area is 200 Å². The lowest BCUT2D eigenvalue weighted by Crippen LogP contribution is -2.34. The van der Waals surface area contributed by atoms with Gasteiger partial charge in [-0.1, -0.05) is 23.7 Å². The van der Waals surface area contributed by atoms with Crippen LogP contribution >= 0.6 is 11.6 Å². The molecule has 0 radical (unpaired) electrons. The van der Waals surface area contributed by atoms with Crippen molar-refractivity contribution in [1.29, 1.82) is 0 Å². The number of aromatic nitrogens is 2. The molecule has 2 aromatic carbocycles. The van der Waals surface area contributed by atoms with Crippen molar-refractivity contribution in [3.8, 4) is 5.75 Å². The summed E-state index contributed by atoms with van der Waals surface area (Å²) in [6, 6.07) is 8.35. The van der Waals surface area contributed by atoms with Crippen molar-refractivity contribution in [3.05, 3.63) is 58.4 Å². The molecule has 0 bridgehead atoms. The van der Waals surface area contributed by atoms with E-state index in [9.17, 15) is 18.4 Å². The van der Waals surface area contributed by atoms with E-state index in [1.165, 1.54) is 19.1 Å². The average molecular weight is 492 g/mol. The molecule has 1 unspecified atom stereocenters. The number of fused-ring (bicyclic) bond motifs is 3. The lowest BCUT2D eigenvalue weighted by molar-refractivity contribution is -0.0507. The molecule has 3 aromatic rings. The fourth-order valence-corrected chi connectivity index (χ4v) is 4.47. The monoisotopic (exact) mass is 491 g/mol. The zero-order valence-electron chi connectivity index (χ0n) is 19.1. The van der Waals surface area contributed by atoms with Crippen LogP contribution in [0.15, 0.2) is 36.4 Å². The molecule has 1 aromatic heterocycles. The Hall–Kier alpha value is -3.20. The minimum absolute atomic E-state index is 0.111. The van der Waals surface area contributed by atoms with Gasteiger partial charge in [-0.2, -0.15) is 8.78 Å². The molecule has 34 heavy (non-hydrogen) atoms. The molecule has 0 saturated heterocycles. The maximum Gasteiger partial charge on any atom is 0.408 e. The molecule has 0 spiro atoms. The predicted octanol–water partition coefficient (Wildman–Crippen LogP) is 6.05. The minimum Gasteiger partial charge on any atom is -0.444 e. The zero-order chi connectivity index (χ0) is 24.8. The number of carbonyl (C=O) groups is 2. The molecule has 1 aliphatic rings. The van der Waals surface area contributed by atoms with Gasteiger partial charge in [0.2, 0.25) is 0 Å². The van der Waals surface area contributed by atoms with E-state index in [1.54, 1.807) is 45.0 Å². The highest BCUT2D eigenvalue weighted by Crippen LogP contribution is 2.46. The van der Waals surface area contributed by atoms with Gasteiger partial charge < -0.3 is 19.4 Å². The van der Waals surface area contributed by atoms with E-state index in [-0.39, 0.29) is 23.5 Å². The van der Waals surface area contributed by atoms with Gasteiger partial charge in [0, 0.05) is 22.6 Å². The molecule has 7 nitrogen and oxygen atoms in total. The quantitative estimate of drug-likeness (QED) is 0.439. The summed E-state index contributed by atoms with van der Waals surface area (Å²) < 4.78 is 38.5. The minimum atomic E-state index is -3.08. The molecule has 10 heteroatoms. The molecule has 4 rings (SSSR count). The third-order valence-electron chi connectivity index (χ3n) is 5.45. The number of ketones is 1. The summed E-state index contributed by atoms with van der Waals surface area (Å²) >= 11 is 6.24. The van der Waals surface area contributed by atoms with Crippen LogP contribution in [0.3, 0.4) is 0 Å². The van der Waals surface area contributed by atoms with Gasteiger partial charge in [-0.3, -0.25) is 4.79 Å². The molecule has 2 atom stereocenters. The number of rotatable bonds is 5. The third-order valence-corrected chi connectivity index (χ3v) is 5.68. The Morgan fingerprint density at radius 1 is 1.24 bits per heavy atom. The Morgan fingerprint density at radius 3 is 2.62 bits per heavy atom. The Bertz CT molecular complexity index is 1270. The number of nitrogens with zero attached hydrogens (tertiary/aromatic N) is 2. The first-order chi connectivity index (χ1) is 15.9. The van der Waals surface area contributed by atoms with Crippen LogP contribution in [0.4, 0.5) is 13.6 Å². The van der Waals surface area contributed by atoms with Crippen LogP contribution in [0.2, 0.25) is 5.02 Å². The van der Waals surface area contributed by atoms with Gasteiger partial charge in [0.25, 0.3) is 0 Å². The number of amides is 1. The molecule has 0 saturated carbocycles. The van der Waals surface area contributed by atoms with E-state index in [2.05, 4.69) is 10.3 Å². The number of alkyl halides is 2. The van der Waals surface area contributed by atoms with Gasteiger partial charge in [0.1, 0.15) is 17.2 Å². The molecular weight excluding hydrogens is 468 g/mol. The van der Waals surface area contributed by atoms with Crippen LogP contribution in [0.25, 0.3) is 11.0 Å². The van der Waals surface area contributed by atoms with Crippen molar-refractivity contribution in [1.82, 2.24) is 14.9 Å². The van der Waals surface area contributed by atoms with Crippen LogP contribution in [0.5, 0.6) is 5.75 Å². The highest BCUT2D eigenvalue weighted by atomic mass is 35.5. The number of imidazole rings is 1. The molecule has 1 aliphatic heterocycles. The van der Waals surface area contributed by atoms with E-state index in [4.69, 9.17) is 21.1 Å². The van der Waals surface area contributed by atoms with E-state index < -0.39 is 30.4 Å². The number of ether oxygens (including phenoxy) is 2. The van der Waals surface area contributed by atoms with Crippen LogP contribution in [0.1, 0.15) is 67.9 Å². The molecule has 180 valence electrons. The van der Waals surface area contributed by atoms with Gasteiger partial charge in [0.05, 0.1) is 23.1 Å². The number of benzene rings is 2. The van der Waals surface area contributed by atoms with Gasteiger partial charge in [-0.15, -0.1) is 0 Å². The van der Waals surface area contributed by atoms with E-state index in [0.29, 0.717) is 27.4 Å². The number of carbonyl (C=O) groups excluding carboxylic acids is 2. The second-order valence-electron chi connectivity index (χ2n) is 9.08. The Kier molecular flexibility index (Phi) is 6.24. The van der Waals surface area contributed by atoms with Crippen LogP contribution in [0, 0.1) is 0 Å². The number of hydrogen-bond acceptors (Lipinski definition) is 5. The van der Waals surface area contributed by atoms with E-state index in [1.807, 2.05) is 4.57 Å². The normalized spacial score (nSPS) is 17.6. The SMILES string of the molecule is CC(=O)c1cccc(OC(F)F)c1C1C[C@@H](NC(=O)OC(C)(C)C)c2nc3ccc(Cl)cc3n21. The number of alkyl carbamates (subject to hydrolysis) is 1. The molecule has 1 amide bonds. The van der Waals surface area contributed by atoms with Crippen molar-refractivity contribution in [3.63, 3.8) is 0 Å². The summed E-state index contributed by atoms with van der Waals surface area (Å²) in [5, 5.41) is 3.28. The Balaban J connectivity index is 1.88. The van der Waals surface area contributed by atoms with Gasteiger partial charge in [-0.05, 0) is 52.0 Å². The molecule has 1 N–H and O–H groups in total.